The first-order valence-corrected chi connectivity index (χ1v) is 5.27. The van der Waals surface area contributed by atoms with Crippen LogP contribution in [0, 0.1) is 17.5 Å². The molecule has 0 aliphatic rings. The molecule has 0 radical (unpaired) electrons. The summed E-state index contributed by atoms with van der Waals surface area (Å²) in [4.78, 5) is 3.85. The number of aromatic nitrogens is 2. The zero-order chi connectivity index (χ0) is 13.3. The lowest BCUT2D eigenvalue weighted by atomic mass is 10.2. The summed E-state index contributed by atoms with van der Waals surface area (Å²) in [5.74, 6) is -4.26. The van der Waals surface area contributed by atoms with Crippen molar-refractivity contribution in [2.75, 3.05) is 0 Å². The van der Waals surface area contributed by atoms with Gasteiger partial charge in [0.25, 0.3) is 5.89 Å². The van der Waals surface area contributed by atoms with E-state index in [1.165, 1.54) is 0 Å². The second-order valence-electron chi connectivity index (χ2n) is 3.70. The van der Waals surface area contributed by atoms with Crippen LogP contribution < -0.4 is 5.73 Å². The highest BCUT2D eigenvalue weighted by molar-refractivity contribution is 5.54. The van der Waals surface area contributed by atoms with Crippen molar-refractivity contribution in [2.24, 2.45) is 5.73 Å². The molecule has 4 nitrogen and oxygen atoms in total. The van der Waals surface area contributed by atoms with Gasteiger partial charge in [0.1, 0.15) is 0 Å². The largest absolute Gasteiger partial charge is 0.334 e. The molecule has 0 spiro atoms. The third-order valence-corrected chi connectivity index (χ3v) is 2.48. The molecule has 1 aromatic heterocycles. The van der Waals surface area contributed by atoms with E-state index in [1.54, 1.807) is 0 Å². The van der Waals surface area contributed by atoms with E-state index in [9.17, 15) is 13.2 Å². The van der Waals surface area contributed by atoms with E-state index in [0.717, 1.165) is 12.1 Å². The fourth-order valence-electron chi connectivity index (χ4n) is 1.37. The topological polar surface area (TPSA) is 64.9 Å². The van der Waals surface area contributed by atoms with E-state index in [2.05, 4.69) is 10.1 Å². The van der Waals surface area contributed by atoms with Crippen molar-refractivity contribution < 1.29 is 17.7 Å². The van der Waals surface area contributed by atoms with Crippen LogP contribution in [-0.4, -0.2) is 10.1 Å². The minimum Gasteiger partial charge on any atom is -0.334 e. The fourth-order valence-corrected chi connectivity index (χ4v) is 1.37. The lowest BCUT2D eigenvalue weighted by Crippen LogP contribution is -2.10. The lowest BCUT2D eigenvalue weighted by molar-refractivity contribution is 0.408. The maximum absolute atomic E-state index is 13.5. The monoisotopic (exact) mass is 257 g/mol. The summed E-state index contributed by atoms with van der Waals surface area (Å²) in [5, 5.41) is 3.56. The highest BCUT2D eigenvalue weighted by atomic mass is 19.2. The van der Waals surface area contributed by atoms with Crippen LogP contribution in [0.1, 0.15) is 25.2 Å². The van der Waals surface area contributed by atoms with Crippen LogP contribution in [0.4, 0.5) is 13.2 Å². The minimum atomic E-state index is -1.58. The molecule has 1 atom stereocenters. The normalized spacial score (nSPS) is 12.7. The van der Waals surface area contributed by atoms with Gasteiger partial charge in [-0.1, -0.05) is 12.1 Å². The molecular weight excluding hydrogens is 247 g/mol. The minimum absolute atomic E-state index is 0.191. The Kier molecular flexibility index (Phi) is 3.33. The van der Waals surface area contributed by atoms with Crippen LogP contribution in [0.3, 0.4) is 0 Å². The van der Waals surface area contributed by atoms with Gasteiger partial charge in [-0.15, -0.1) is 0 Å². The molecule has 18 heavy (non-hydrogen) atoms. The third-order valence-electron chi connectivity index (χ3n) is 2.48. The highest BCUT2D eigenvalue weighted by Gasteiger charge is 2.20. The molecule has 2 N–H and O–H groups in total. The van der Waals surface area contributed by atoms with Gasteiger partial charge in [0.05, 0.1) is 11.6 Å². The van der Waals surface area contributed by atoms with E-state index in [4.69, 9.17) is 10.3 Å². The number of hydrogen-bond donors (Lipinski definition) is 1. The van der Waals surface area contributed by atoms with Crippen molar-refractivity contribution in [2.45, 2.75) is 19.4 Å². The summed E-state index contributed by atoms with van der Waals surface area (Å²) in [6, 6.07) is 1.37. The van der Waals surface area contributed by atoms with Gasteiger partial charge in [-0.25, -0.2) is 13.2 Å². The smallest absolute Gasteiger partial charge is 0.261 e. The molecule has 1 unspecified atom stereocenters. The third kappa shape index (κ3) is 2.08. The van der Waals surface area contributed by atoms with Crippen LogP contribution >= 0.6 is 0 Å². The zero-order valence-electron chi connectivity index (χ0n) is 9.45. The van der Waals surface area contributed by atoms with Crippen molar-refractivity contribution in [1.29, 1.82) is 0 Å². The zero-order valence-corrected chi connectivity index (χ0v) is 9.45. The first-order valence-electron chi connectivity index (χ1n) is 5.27. The van der Waals surface area contributed by atoms with Crippen molar-refractivity contribution in [3.63, 3.8) is 0 Å². The Morgan fingerprint density at radius 2 is 2.00 bits per heavy atom. The molecule has 2 aromatic rings. The molecule has 0 saturated heterocycles. The molecule has 1 aromatic carbocycles. The molecular formula is C11H10F3N3O. The second-order valence-corrected chi connectivity index (χ2v) is 3.70. The molecule has 96 valence electrons. The summed E-state index contributed by atoms with van der Waals surface area (Å²) in [5.41, 5.74) is 5.37. The summed E-state index contributed by atoms with van der Waals surface area (Å²) >= 11 is 0. The maximum Gasteiger partial charge on any atom is 0.261 e. The number of rotatable bonds is 3. The molecule has 2 rings (SSSR count). The molecule has 0 saturated carbocycles. The van der Waals surface area contributed by atoms with E-state index < -0.39 is 23.5 Å². The van der Waals surface area contributed by atoms with Gasteiger partial charge in [0.15, 0.2) is 23.3 Å². The van der Waals surface area contributed by atoms with E-state index in [1.807, 2.05) is 6.92 Å². The summed E-state index contributed by atoms with van der Waals surface area (Å²) < 4.78 is 44.1. The summed E-state index contributed by atoms with van der Waals surface area (Å²) in [6.07, 6.45) is 0.569. The van der Waals surface area contributed by atoms with Crippen LogP contribution in [0.25, 0.3) is 11.5 Å². The number of nitrogens with two attached hydrogens (primary N) is 1. The van der Waals surface area contributed by atoms with Gasteiger partial charge in [0, 0.05) is 0 Å². The van der Waals surface area contributed by atoms with Crippen LogP contribution in [0.15, 0.2) is 16.7 Å². The second kappa shape index (κ2) is 4.77. The fraction of sp³-hybridized carbons (Fsp3) is 0.273. The Labute approximate surface area is 101 Å². The van der Waals surface area contributed by atoms with Gasteiger partial charge in [-0.3, -0.25) is 0 Å². The molecule has 0 fully saturated rings. The van der Waals surface area contributed by atoms with Crippen molar-refractivity contribution in [3.8, 4) is 11.5 Å². The highest BCUT2D eigenvalue weighted by Crippen LogP contribution is 2.25. The van der Waals surface area contributed by atoms with Gasteiger partial charge < -0.3 is 10.3 Å². The van der Waals surface area contributed by atoms with Crippen molar-refractivity contribution in [3.05, 3.63) is 35.4 Å². The van der Waals surface area contributed by atoms with Crippen LogP contribution in [0.2, 0.25) is 0 Å². The van der Waals surface area contributed by atoms with Gasteiger partial charge >= 0.3 is 0 Å². The Hall–Kier alpha value is -1.89. The first-order chi connectivity index (χ1) is 8.54. The predicted molar refractivity (Wildman–Crippen MR) is 56.8 cm³/mol. The standard InChI is InChI=1S/C11H10F3N3O/c1-2-7(15)10-16-11(18-17-10)5-3-4-6(12)9(14)8(5)13/h3-4,7H,2,15H2,1H3. The summed E-state index contributed by atoms with van der Waals surface area (Å²) in [6.45, 7) is 1.82. The number of benzene rings is 1. The van der Waals surface area contributed by atoms with Crippen LogP contribution in [0.5, 0.6) is 0 Å². The number of hydrogen-bond acceptors (Lipinski definition) is 4. The lowest BCUT2D eigenvalue weighted by Gasteiger charge is -2.00. The van der Waals surface area contributed by atoms with Gasteiger partial charge in [-0.05, 0) is 18.6 Å². The molecule has 0 amide bonds. The number of nitrogens with zero attached hydrogens (tertiary/aromatic N) is 2. The summed E-state index contributed by atoms with van der Waals surface area (Å²) in [7, 11) is 0. The maximum atomic E-state index is 13.5. The van der Waals surface area contributed by atoms with Crippen molar-refractivity contribution >= 4 is 0 Å². The van der Waals surface area contributed by atoms with Gasteiger partial charge in [0.2, 0.25) is 0 Å². The Morgan fingerprint density at radius 1 is 1.28 bits per heavy atom. The average Bonchev–Trinajstić information content (AvgIpc) is 2.84. The van der Waals surface area contributed by atoms with E-state index in [0.29, 0.717) is 6.42 Å². The van der Waals surface area contributed by atoms with Crippen molar-refractivity contribution in [1.82, 2.24) is 10.1 Å². The Bertz CT molecular complexity index is 571. The SMILES string of the molecule is CCC(N)c1noc(-c2ccc(F)c(F)c2F)n1. The Balaban J connectivity index is 2.43. The predicted octanol–water partition coefficient (Wildman–Crippen LogP) is 2.56. The first kappa shape index (κ1) is 12.6. The van der Waals surface area contributed by atoms with E-state index in [-0.39, 0.29) is 17.3 Å². The molecule has 7 heteroatoms. The molecule has 0 aliphatic heterocycles. The molecule has 0 aliphatic carbocycles. The number of halogens is 3. The molecule has 1 heterocycles. The van der Waals surface area contributed by atoms with E-state index >= 15 is 0 Å². The molecule has 0 bridgehead atoms. The average molecular weight is 257 g/mol. The van der Waals surface area contributed by atoms with Gasteiger partial charge in [-0.2, -0.15) is 4.98 Å². The Morgan fingerprint density at radius 3 is 2.67 bits per heavy atom. The quantitative estimate of drug-likeness (QED) is 0.858. The van der Waals surface area contributed by atoms with Crippen LogP contribution in [-0.2, 0) is 0 Å².